The molecule has 0 bridgehead atoms. The van der Waals surface area contributed by atoms with Crippen molar-refractivity contribution in [2.24, 2.45) is 9.78 Å². The first-order valence-corrected chi connectivity index (χ1v) is 6.89. The topological polar surface area (TPSA) is 12.4 Å². The summed E-state index contributed by atoms with van der Waals surface area (Å²) in [6, 6.07) is 0. The monoisotopic (exact) mass is 199 g/mol. The van der Waals surface area contributed by atoms with Gasteiger partial charge in [0.05, 0.1) is 0 Å². The molecule has 0 saturated heterocycles. The normalized spacial score (nSPS) is 29.7. The van der Waals surface area contributed by atoms with Crippen molar-refractivity contribution in [2.45, 2.75) is 27.2 Å². The maximum atomic E-state index is 4.42. The van der Waals surface area contributed by atoms with Gasteiger partial charge in [0.15, 0.2) is 0 Å². The van der Waals surface area contributed by atoms with E-state index in [1.807, 2.05) is 7.05 Å². The van der Waals surface area contributed by atoms with E-state index in [1.54, 1.807) is 5.57 Å². The maximum Gasteiger partial charge on any atom is 0.0340 e. The highest BCUT2D eigenvalue weighted by Gasteiger charge is 2.20. The fraction of sp³-hybridized carbons (Fsp3) is 0.727. The van der Waals surface area contributed by atoms with E-state index >= 15 is 0 Å². The minimum absolute atomic E-state index is 0.342. The van der Waals surface area contributed by atoms with Gasteiger partial charge in [-0.3, -0.25) is 4.36 Å². The van der Waals surface area contributed by atoms with Crippen LogP contribution in [0.2, 0.25) is 0 Å². The molecule has 0 N–H and O–H groups in total. The quantitative estimate of drug-likeness (QED) is 0.420. The molecule has 1 rings (SSSR count). The number of hydrogen-bond acceptors (Lipinski definition) is 1. The molecule has 0 aromatic heterocycles. The van der Waals surface area contributed by atoms with Crippen molar-refractivity contribution in [3.05, 3.63) is 11.6 Å². The Hall–Kier alpha value is -0.240. The van der Waals surface area contributed by atoms with E-state index < -0.39 is 9.41 Å². The van der Waals surface area contributed by atoms with Crippen LogP contribution in [-0.4, -0.2) is 24.4 Å². The third-order valence-electron chi connectivity index (χ3n) is 2.74. The molecule has 0 aromatic carbocycles. The lowest BCUT2D eigenvalue weighted by Gasteiger charge is -2.29. The zero-order chi connectivity index (χ0) is 10.1. The van der Waals surface area contributed by atoms with Gasteiger partial charge in [0.2, 0.25) is 0 Å². The Morgan fingerprint density at radius 3 is 2.38 bits per heavy atom. The number of rotatable bonds is 0. The van der Waals surface area contributed by atoms with Crippen LogP contribution >= 0.6 is 0 Å². The van der Waals surface area contributed by atoms with Crippen LogP contribution in [0.4, 0.5) is 0 Å². The van der Waals surface area contributed by atoms with Gasteiger partial charge in [0.1, 0.15) is 0 Å². The lowest BCUT2D eigenvalue weighted by atomic mass is 9.85. The fourth-order valence-corrected chi connectivity index (χ4v) is 3.20. The Morgan fingerprint density at radius 1 is 1.46 bits per heavy atom. The van der Waals surface area contributed by atoms with E-state index in [-0.39, 0.29) is 0 Å². The fourth-order valence-electron chi connectivity index (χ4n) is 1.59. The summed E-state index contributed by atoms with van der Waals surface area (Å²) >= 11 is 0. The van der Waals surface area contributed by atoms with Crippen molar-refractivity contribution in [1.29, 1.82) is 0 Å². The van der Waals surface area contributed by atoms with Crippen LogP contribution in [0.1, 0.15) is 27.2 Å². The van der Waals surface area contributed by atoms with E-state index in [1.165, 1.54) is 12.2 Å². The summed E-state index contributed by atoms with van der Waals surface area (Å²) in [5, 5.41) is 0. The first-order chi connectivity index (χ1) is 5.87. The molecule has 76 valence electrons. The Morgan fingerprint density at radius 2 is 2.08 bits per heavy atom. The van der Waals surface area contributed by atoms with Gasteiger partial charge in [0.25, 0.3) is 0 Å². The molecule has 1 heterocycles. The van der Waals surface area contributed by atoms with Crippen LogP contribution < -0.4 is 0 Å². The van der Waals surface area contributed by atoms with E-state index in [4.69, 9.17) is 0 Å². The van der Waals surface area contributed by atoms with Crippen molar-refractivity contribution in [2.75, 3.05) is 18.6 Å². The summed E-state index contributed by atoms with van der Waals surface area (Å²) in [6.45, 7) is 6.86. The molecule has 1 atom stereocenters. The van der Waals surface area contributed by atoms with Gasteiger partial charge in [-0.25, -0.2) is 0 Å². The minimum Gasteiger partial charge on any atom is -0.274 e. The lowest BCUT2D eigenvalue weighted by molar-refractivity contribution is 0.487. The molecule has 0 aromatic rings. The largest absolute Gasteiger partial charge is 0.274 e. The van der Waals surface area contributed by atoms with Crippen LogP contribution in [0.25, 0.3) is 0 Å². The zero-order valence-corrected chi connectivity index (χ0v) is 10.1. The van der Waals surface area contributed by atoms with Gasteiger partial charge in [-0.2, -0.15) is 0 Å². The van der Waals surface area contributed by atoms with E-state index in [9.17, 15) is 0 Å². The molecule has 1 aliphatic heterocycles. The Kier molecular flexibility index (Phi) is 2.91. The molecule has 0 saturated carbocycles. The molecule has 1 aliphatic rings. The summed E-state index contributed by atoms with van der Waals surface area (Å²) in [5.74, 6) is 6.52. The summed E-state index contributed by atoms with van der Waals surface area (Å²) in [7, 11) is 1.04. The second kappa shape index (κ2) is 3.49. The Balaban J connectivity index is 2.87. The molecule has 0 radical (unpaired) electrons. The third-order valence-corrected chi connectivity index (χ3v) is 5.27. The molecule has 0 aliphatic carbocycles. The molecular formula is C11H21NS. The average Bonchev–Trinajstić information content (AvgIpc) is 2.04. The van der Waals surface area contributed by atoms with Crippen molar-refractivity contribution < 1.29 is 0 Å². The number of nitrogens with zero attached hydrogens (tertiary/aromatic N) is 1. The van der Waals surface area contributed by atoms with Crippen LogP contribution in [0.5, 0.6) is 0 Å². The smallest absolute Gasteiger partial charge is 0.0340 e. The van der Waals surface area contributed by atoms with Gasteiger partial charge in [-0.15, -0.1) is 9.41 Å². The predicted octanol–water partition coefficient (Wildman–Crippen LogP) is 2.76. The van der Waals surface area contributed by atoms with Crippen LogP contribution in [-0.2, 0) is 9.41 Å². The average molecular weight is 199 g/mol. The number of hydrogen-bond donors (Lipinski definition) is 0. The van der Waals surface area contributed by atoms with Gasteiger partial charge >= 0.3 is 0 Å². The van der Waals surface area contributed by atoms with Crippen molar-refractivity contribution in [1.82, 2.24) is 0 Å². The SMILES string of the molecule is C=S1(=NC)CC=C(C(C)(C)C)CC1. The first kappa shape index (κ1) is 10.8. The molecule has 2 heteroatoms. The van der Waals surface area contributed by atoms with Crippen LogP contribution in [0.3, 0.4) is 0 Å². The first-order valence-electron chi connectivity index (χ1n) is 4.80. The molecule has 1 unspecified atom stereocenters. The minimum atomic E-state index is -0.873. The molecule has 0 spiro atoms. The second-order valence-electron chi connectivity index (χ2n) is 4.78. The summed E-state index contributed by atoms with van der Waals surface area (Å²) in [5.41, 5.74) is 1.93. The van der Waals surface area contributed by atoms with E-state index in [2.05, 4.69) is 37.1 Å². The van der Waals surface area contributed by atoms with Crippen molar-refractivity contribution in [3.63, 3.8) is 0 Å². The van der Waals surface area contributed by atoms with Crippen LogP contribution in [0, 0.1) is 5.41 Å². The Bertz CT molecular complexity index is 322. The molecule has 13 heavy (non-hydrogen) atoms. The highest BCUT2D eigenvalue weighted by atomic mass is 32.2. The molecule has 0 amide bonds. The third kappa shape index (κ3) is 2.60. The molecular weight excluding hydrogens is 178 g/mol. The highest BCUT2D eigenvalue weighted by Crippen LogP contribution is 2.30. The standard InChI is InChI=1S/C11H21NS/c1-11(2,3)10-6-8-13(5,12-4)9-7-10/h6H,5,7-9H2,1-4H3. The summed E-state index contributed by atoms with van der Waals surface area (Å²) in [6.07, 6.45) is 3.57. The van der Waals surface area contributed by atoms with Gasteiger partial charge < -0.3 is 0 Å². The van der Waals surface area contributed by atoms with E-state index in [0.29, 0.717) is 5.41 Å². The highest BCUT2D eigenvalue weighted by molar-refractivity contribution is 8.02. The Labute approximate surface area is 82.9 Å². The van der Waals surface area contributed by atoms with Gasteiger partial charge in [-0.1, -0.05) is 38.3 Å². The maximum absolute atomic E-state index is 4.42. The number of allylic oxidation sites excluding steroid dienone is 1. The van der Waals surface area contributed by atoms with Crippen molar-refractivity contribution >= 4 is 15.3 Å². The predicted molar refractivity (Wildman–Crippen MR) is 64.7 cm³/mol. The van der Waals surface area contributed by atoms with Crippen molar-refractivity contribution in [3.8, 4) is 0 Å². The van der Waals surface area contributed by atoms with Crippen LogP contribution in [0.15, 0.2) is 16.0 Å². The lowest BCUT2D eigenvalue weighted by Crippen LogP contribution is -2.21. The summed E-state index contributed by atoms with van der Waals surface area (Å²) in [4.78, 5) is 0. The second-order valence-corrected chi connectivity index (χ2v) is 7.89. The molecule has 0 fully saturated rings. The van der Waals surface area contributed by atoms with Gasteiger partial charge in [-0.05, 0) is 11.8 Å². The summed E-state index contributed by atoms with van der Waals surface area (Å²) < 4.78 is 4.42. The van der Waals surface area contributed by atoms with E-state index in [0.717, 1.165) is 5.75 Å². The zero-order valence-electron chi connectivity index (χ0n) is 9.26. The van der Waals surface area contributed by atoms with Gasteiger partial charge in [0, 0.05) is 18.6 Å². The molecule has 1 nitrogen and oxygen atoms in total.